The Bertz CT molecular complexity index is 492. The molecule has 1 unspecified atom stereocenters. The Labute approximate surface area is 123 Å². The molecule has 1 atom stereocenters. The second-order valence-corrected chi connectivity index (χ2v) is 4.99. The van der Waals surface area contributed by atoms with Gasteiger partial charge in [0.2, 0.25) is 5.91 Å². The Morgan fingerprint density at radius 2 is 1.95 bits per heavy atom. The molecule has 0 aliphatic heterocycles. The molecule has 0 aromatic heterocycles. The normalized spacial score (nSPS) is 12.0. The van der Waals surface area contributed by atoms with Gasteiger partial charge in [0.05, 0.1) is 13.7 Å². The maximum Gasteiger partial charge on any atom is 0.323 e. The first-order chi connectivity index (χ1) is 9.95. The molecule has 1 amide bonds. The molecule has 0 aliphatic carbocycles. The number of esters is 1. The first-order valence-corrected chi connectivity index (χ1v) is 6.77. The van der Waals surface area contributed by atoms with E-state index in [1.807, 2.05) is 13.8 Å². The van der Waals surface area contributed by atoms with Crippen LogP contribution in [0.3, 0.4) is 0 Å². The highest BCUT2D eigenvalue weighted by atomic mass is 19.1. The van der Waals surface area contributed by atoms with Crippen LogP contribution in [0.1, 0.15) is 19.4 Å². The van der Waals surface area contributed by atoms with Crippen LogP contribution in [0.25, 0.3) is 0 Å². The van der Waals surface area contributed by atoms with Gasteiger partial charge in [0.15, 0.2) is 0 Å². The van der Waals surface area contributed by atoms with E-state index in [4.69, 9.17) is 0 Å². The summed E-state index contributed by atoms with van der Waals surface area (Å²) >= 11 is 0. The quantitative estimate of drug-likeness (QED) is 0.743. The summed E-state index contributed by atoms with van der Waals surface area (Å²) in [5.74, 6) is -1.09. The lowest BCUT2D eigenvalue weighted by molar-refractivity contribution is -0.144. The number of nitrogens with one attached hydrogen (secondary N) is 2. The lowest BCUT2D eigenvalue weighted by atomic mass is 10.0. The highest BCUT2D eigenvalue weighted by molar-refractivity contribution is 5.80. The zero-order valence-corrected chi connectivity index (χ0v) is 12.5. The minimum atomic E-state index is -0.547. The van der Waals surface area contributed by atoms with Gasteiger partial charge >= 0.3 is 5.97 Å². The molecule has 1 aromatic carbocycles. The molecule has 0 radical (unpaired) electrons. The average molecular weight is 296 g/mol. The van der Waals surface area contributed by atoms with E-state index in [-0.39, 0.29) is 30.7 Å². The van der Waals surface area contributed by atoms with Crippen molar-refractivity contribution in [3.05, 3.63) is 35.6 Å². The topological polar surface area (TPSA) is 67.4 Å². The second-order valence-electron chi connectivity index (χ2n) is 4.99. The number of benzene rings is 1. The van der Waals surface area contributed by atoms with Crippen molar-refractivity contribution in [2.75, 3.05) is 13.7 Å². The Morgan fingerprint density at radius 3 is 2.52 bits per heavy atom. The van der Waals surface area contributed by atoms with Crippen molar-refractivity contribution in [1.82, 2.24) is 10.6 Å². The molecular formula is C15H21FN2O3. The third-order valence-electron chi connectivity index (χ3n) is 3.04. The van der Waals surface area contributed by atoms with Crippen molar-refractivity contribution < 1.29 is 18.7 Å². The molecule has 116 valence electrons. The van der Waals surface area contributed by atoms with Gasteiger partial charge in [-0.15, -0.1) is 0 Å². The summed E-state index contributed by atoms with van der Waals surface area (Å²) in [6, 6.07) is 5.69. The third kappa shape index (κ3) is 5.51. The average Bonchev–Trinajstić information content (AvgIpc) is 2.45. The van der Waals surface area contributed by atoms with Gasteiger partial charge in [0, 0.05) is 12.1 Å². The predicted octanol–water partition coefficient (Wildman–Crippen LogP) is 1.23. The van der Waals surface area contributed by atoms with Crippen LogP contribution in [0.5, 0.6) is 0 Å². The van der Waals surface area contributed by atoms with Crippen LogP contribution in [0, 0.1) is 11.7 Å². The Hall–Kier alpha value is -1.95. The van der Waals surface area contributed by atoms with Crippen molar-refractivity contribution >= 4 is 11.9 Å². The predicted molar refractivity (Wildman–Crippen MR) is 76.9 cm³/mol. The lowest BCUT2D eigenvalue weighted by Crippen LogP contribution is -2.46. The highest BCUT2D eigenvalue weighted by Gasteiger charge is 2.22. The number of ether oxygens (including phenoxy) is 1. The summed E-state index contributed by atoms with van der Waals surface area (Å²) in [5, 5.41) is 5.44. The molecule has 1 rings (SSSR count). The lowest BCUT2D eigenvalue weighted by Gasteiger charge is -2.19. The fourth-order valence-corrected chi connectivity index (χ4v) is 1.82. The summed E-state index contributed by atoms with van der Waals surface area (Å²) in [5.41, 5.74) is 0.416. The number of rotatable bonds is 7. The smallest absolute Gasteiger partial charge is 0.323 e. The molecule has 0 spiro atoms. The van der Waals surface area contributed by atoms with Crippen LogP contribution < -0.4 is 10.6 Å². The molecule has 0 saturated carbocycles. The number of carbonyl (C=O) groups excluding carboxylic acids is 2. The SMILES string of the molecule is COC(=O)C(NCC(=O)NCc1ccccc1F)C(C)C. The molecule has 0 saturated heterocycles. The van der Waals surface area contributed by atoms with Crippen LogP contribution in [0.15, 0.2) is 24.3 Å². The van der Waals surface area contributed by atoms with Gasteiger partial charge in [-0.1, -0.05) is 32.0 Å². The van der Waals surface area contributed by atoms with Crippen LogP contribution in [-0.4, -0.2) is 31.6 Å². The van der Waals surface area contributed by atoms with Gasteiger partial charge in [-0.25, -0.2) is 4.39 Å². The number of amides is 1. The van der Waals surface area contributed by atoms with E-state index in [2.05, 4.69) is 15.4 Å². The number of hydrogen-bond acceptors (Lipinski definition) is 4. The van der Waals surface area contributed by atoms with Gasteiger partial charge in [-0.05, 0) is 12.0 Å². The van der Waals surface area contributed by atoms with Crippen LogP contribution in [-0.2, 0) is 20.9 Å². The second kappa shape index (κ2) is 8.36. The number of halogens is 1. The van der Waals surface area contributed by atoms with Gasteiger partial charge in [0.25, 0.3) is 0 Å². The summed E-state index contributed by atoms with van der Waals surface area (Å²) < 4.78 is 18.1. The van der Waals surface area contributed by atoms with E-state index < -0.39 is 12.0 Å². The molecule has 1 aromatic rings. The molecule has 2 N–H and O–H groups in total. The van der Waals surface area contributed by atoms with E-state index in [0.717, 1.165) is 0 Å². The van der Waals surface area contributed by atoms with E-state index in [9.17, 15) is 14.0 Å². The van der Waals surface area contributed by atoms with Gasteiger partial charge in [-0.2, -0.15) is 0 Å². The van der Waals surface area contributed by atoms with Gasteiger partial charge < -0.3 is 10.1 Å². The standard InChI is InChI=1S/C15H21FN2O3/c1-10(2)14(15(20)21-3)18-9-13(19)17-8-11-6-4-5-7-12(11)16/h4-7,10,14,18H,8-9H2,1-3H3,(H,17,19). The fourth-order valence-electron chi connectivity index (χ4n) is 1.82. The zero-order chi connectivity index (χ0) is 15.8. The minimum absolute atomic E-state index is 0.00295. The first-order valence-electron chi connectivity index (χ1n) is 6.77. The van der Waals surface area contributed by atoms with E-state index in [1.165, 1.54) is 13.2 Å². The molecule has 0 aliphatic rings. The number of hydrogen-bond donors (Lipinski definition) is 2. The van der Waals surface area contributed by atoms with Crippen LogP contribution in [0.4, 0.5) is 4.39 Å². The molecule has 0 bridgehead atoms. The third-order valence-corrected chi connectivity index (χ3v) is 3.04. The summed E-state index contributed by atoms with van der Waals surface area (Å²) in [4.78, 5) is 23.2. The number of methoxy groups -OCH3 is 1. The van der Waals surface area contributed by atoms with Crippen molar-refractivity contribution in [1.29, 1.82) is 0 Å². The van der Waals surface area contributed by atoms with Crippen LogP contribution >= 0.6 is 0 Å². The minimum Gasteiger partial charge on any atom is -0.468 e. The van der Waals surface area contributed by atoms with Crippen molar-refractivity contribution in [2.45, 2.75) is 26.4 Å². The van der Waals surface area contributed by atoms with E-state index >= 15 is 0 Å². The Morgan fingerprint density at radius 1 is 1.29 bits per heavy atom. The van der Waals surface area contributed by atoms with E-state index in [0.29, 0.717) is 5.56 Å². The maximum absolute atomic E-state index is 13.4. The maximum atomic E-state index is 13.4. The molecule has 0 fully saturated rings. The van der Waals surface area contributed by atoms with Crippen molar-refractivity contribution in [3.63, 3.8) is 0 Å². The molecule has 21 heavy (non-hydrogen) atoms. The zero-order valence-electron chi connectivity index (χ0n) is 12.5. The summed E-state index contributed by atoms with van der Waals surface area (Å²) in [7, 11) is 1.30. The molecule has 0 heterocycles. The van der Waals surface area contributed by atoms with E-state index in [1.54, 1.807) is 18.2 Å². The largest absolute Gasteiger partial charge is 0.468 e. The monoisotopic (exact) mass is 296 g/mol. The van der Waals surface area contributed by atoms with Crippen molar-refractivity contribution in [2.24, 2.45) is 5.92 Å². The highest BCUT2D eigenvalue weighted by Crippen LogP contribution is 2.05. The first kappa shape index (κ1) is 17.1. The van der Waals surface area contributed by atoms with Gasteiger partial charge in [-0.3, -0.25) is 14.9 Å². The Kier molecular flexibility index (Phi) is 6.81. The Balaban J connectivity index is 2.43. The summed E-state index contributed by atoms with van der Waals surface area (Å²) in [6.07, 6.45) is 0. The molecule has 6 heteroatoms. The van der Waals surface area contributed by atoms with Crippen LogP contribution in [0.2, 0.25) is 0 Å². The van der Waals surface area contributed by atoms with Gasteiger partial charge in [0.1, 0.15) is 11.9 Å². The molecule has 5 nitrogen and oxygen atoms in total. The fraction of sp³-hybridized carbons (Fsp3) is 0.467. The van der Waals surface area contributed by atoms with Crippen molar-refractivity contribution in [3.8, 4) is 0 Å². The summed E-state index contributed by atoms with van der Waals surface area (Å²) in [6.45, 7) is 3.78. The number of carbonyl (C=O) groups is 2. The molecular weight excluding hydrogens is 275 g/mol.